The van der Waals surface area contributed by atoms with E-state index in [9.17, 15) is 4.79 Å². The Bertz CT molecular complexity index is 520. The average molecular weight is 282 g/mol. The van der Waals surface area contributed by atoms with Crippen molar-refractivity contribution in [3.63, 3.8) is 0 Å². The van der Waals surface area contributed by atoms with Crippen LogP contribution in [0.3, 0.4) is 0 Å². The maximum absolute atomic E-state index is 11.7. The van der Waals surface area contributed by atoms with Crippen molar-refractivity contribution in [2.24, 2.45) is 0 Å². The number of hydrogen-bond acceptors (Lipinski definition) is 4. The van der Waals surface area contributed by atoms with E-state index in [1.54, 1.807) is 29.5 Å². The van der Waals surface area contributed by atoms with Gasteiger partial charge in [0.05, 0.1) is 12.2 Å². The number of halogens is 1. The van der Waals surface area contributed by atoms with Gasteiger partial charge >= 0.3 is 5.97 Å². The minimum atomic E-state index is -0.403. The highest BCUT2D eigenvalue weighted by Crippen LogP contribution is 2.17. The van der Waals surface area contributed by atoms with Gasteiger partial charge in [0.15, 0.2) is 0 Å². The van der Waals surface area contributed by atoms with Crippen molar-refractivity contribution in [3.05, 3.63) is 51.2 Å². The number of ether oxygens (including phenoxy) is 1. The monoisotopic (exact) mass is 281 g/mol. The van der Waals surface area contributed by atoms with Crippen LogP contribution in [0.5, 0.6) is 0 Å². The Morgan fingerprint density at radius 2 is 2.22 bits per heavy atom. The van der Waals surface area contributed by atoms with Gasteiger partial charge in [0.2, 0.25) is 0 Å². The molecule has 0 amide bonds. The fourth-order valence-electron chi connectivity index (χ4n) is 1.51. The van der Waals surface area contributed by atoms with Gasteiger partial charge in [-0.05, 0) is 40.6 Å². The van der Waals surface area contributed by atoms with Crippen LogP contribution in [0.25, 0.3) is 0 Å². The Balaban J connectivity index is 1.91. The van der Waals surface area contributed by atoms with E-state index < -0.39 is 5.97 Å². The highest BCUT2D eigenvalue weighted by atomic mass is 35.5. The Hall–Kier alpha value is -1.52. The molecule has 2 N–H and O–H groups in total. The maximum Gasteiger partial charge on any atom is 0.338 e. The second kappa shape index (κ2) is 5.89. The molecule has 3 nitrogen and oxygen atoms in total. The van der Waals surface area contributed by atoms with Crippen molar-refractivity contribution in [3.8, 4) is 0 Å². The number of carbonyl (C=O) groups excluding carboxylic acids is 1. The number of thiophene rings is 1. The highest BCUT2D eigenvalue weighted by Gasteiger charge is 2.09. The van der Waals surface area contributed by atoms with E-state index in [2.05, 4.69) is 0 Å². The second-order valence-corrected chi connectivity index (χ2v) is 5.01. The molecule has 0 aliphatic rings. The molecule has 0 unspecified atom stereocenters. The van der Waals surface area contributed by atoms with E-state index in [1.807, 2.05) is 16.8 Å². The van der Waals surface area contributed by atoms with E-state index in [0.29, 0.717) is 29.3 Å². The largest absolute Gasteiger partial charge is 0.462 e. The smallest absolute Gasteiger partial charge is 0.338 e. The van der Waals surface area contributed by atoms with Gasteiger partial charge in [0, 0.05) is 17.1 Å². The summed E-state index contributed by atoms with van der Waals surface area (Å²) in [6.45, 7) is 0.349. The summed E-state index contributed by atoms with van der Waals surface area (Å²) < 4.78 is 5.16. The number of rotatable bonds is 4. The molecule has 5 heteroatoms. The molecule has 0 spiro atoms. The van der Waals surface area contributed by atoms with Gasteiger partial charge in [0.25, 0.3) is 0 Å². The lowest BCUT2D eigenvalue weighted by Gasteiger charge is -2.05. The minimum absolute atomic E-state index is 0.349. The normalized spacial score (nSPS) is 10.3. The Labute approximate surface area is 114 Å². The van der Waals surface area contributed by atoms with Crippen LogP contribution in [-0.2, 0) is 11.2 Å². The summed E-state index contributed by atoms with van der Waals surface area (Å²) in [4.78, 5) is 11.7. The molecule has 0 aliphatic carbocycles. The van der Waals surface area contributed by atoms with Crippen LogP contribution in [0, 0.1) is 0 Å². The van der Waals surface area contributed by atoms with Crippen LogP contribution in [0.1, 0.15) is 15.9 Å². The van der Waals surface area contributed by atoms with Crippen molar-refractivity contribution < 1.29 is 9.53 Å². The second-order valence-electron chi connectivity index (χ2n) is 3.79. The van der Waals surface area contributed by atoms with Crippen molar-refractivity contribution >= 4 is 34.6 Å². The summed E-state index contributed by atoms with van der Waals surface area (Å²) in [6, 6.07) is 6.70. The van der Waals surface area contributed by atoms with Crippen LogP contribution in [0.2, 0.25) is 5.02 Å². The van der Waals surface area contributed by atoms with Crippen LogP contribution in [0.4, 0.5) is 5.69 Å². The molecule has 0 fully saturated rings. The molecule has 18 heavy (non-hydrogen) atoms. The average Bonchev–Trinajstić information content (AvgIpc) is 2.80. The Morgan fingerprint density at radius 3 is 2.89 bits per heavy atom. The first-order chi connectivity index (χ1) is 8.65. The predicted octanol–water partition coefficient (Wildman–Crippen LogP) is 3.38. The van der Waals surface area contributed by atoms with E-state index in [4.69, 9.17) is 22.1 Å². The molecule has 0 saturated heterocycles. The minimum Gasteiger partial charge on any atom is -0.462 e. The molecule has 0 atom stereocenters. The van der Waals surface area contributed by atoms with Gasteiger partial charge in [-0.3, -0.25) is 0 Å². The molecule has 94 valence electrons. The summed E-state index contributed by atoms with van der Waals surface area (Å²) >= 11 is 7.45. The van der Waals surface area contributed by atoms with Crippen molar-refractivity contribution in [2.75, 3.05) is 12.3 Å². The SMILES string of the molecule is Nc1cc(Cl)cc(C(=O)OCCc2ccsc2)c1. The number of carbonyl (C=O) groups is 1. The maximum atomic E-state index is 11.7. The first-order valence-corrected chi connectivity index (χ1v) is 6.71. The summed E-state index contributed by atoms with van der Waals surface area (Å²) in [5.74, 6) is -0.403. The van der Waals surface area contributed by atoms with Crippen molar-refractivity contribution in [1.29, 1.82) is 0 Å². The summed E-state index contributed by atoms with van der Waals surface area (Å²) in [5, 5.41) is 4.46. The molecule has 0 bridgehead atoms. The van der Waals surface area contributed by atoms with E-state index >= 15 is 0 Å². The summed E-state index contributed by atoms with van der Waals surface area (Å²) in [6.07, 6.45) is 0.714. The standard InChI is InChI=1S/C13H12ClNO2S/c14-11-5-10(6-12(15)7-11)13(16)17-3-1-9-2-4-18-8-9/h2,4-8H,1,3,15H2. The molecule has 1 aromatic heterocycles. The zero-order valence-corrected chi connectivity index (χ0v) is 11.1. The van der Waals surface area contributed by atoms with Gasteiger partial charge in [-0.1, -0.05) is 11.6 Å². The van der Waals surface area contributed by atoms with Gasteiger partial charge in [-0.2, -0.15) is 11.3 Å². The van der Waals surface area contributed by atoms with Crippen LogP contribution >= 0.6 is 22.9 Å². The molecule has 0 radical (unpaired) electrons. The summed E-state index contributed by atoms with van der Waals surface area (Å²) in [7, 11) is 0. The number of hydrogen-bond donors (Lipinski definition) is 1. The number of anilines is 1. The zero-order chi connectivity index (χ0) is 13.0. The van der Waals surface area contributed by atoms with E-state index in [-0.39, 0.29) is 0 Å². The highest BCUT2D eigenvalue weighted by molar-refractivity contribution is 7.07. The fraction of sp³-hybridized carbons (Fsp3) is 0.154. The van der Waals surface area contributed by atoms with Gasteiger partial charge < -0.3 is 10.5 Å². The number of esters is 1. The third-order valence-electron chi connectivity index (χ3n) is 2.36. The first kappa shape index (κ1) is 12.9. The Morgan fingerprint density at radius 1 is 1.39 bits per heavy atom. The van der Waals surface area contributed by atoms with Gasteiger partial charge in [0.1, 0.15) is 0 Å². The lowest BCUT2D eigenvalue weighted by molar-refractivity contribution is 0.0509. The molecule has 1 aromatic carbocycles. The third-order valence-corrected chi connectivity index (χ3v) is 3.31. The van der Waals surface area contributed by atoms with E-state index in [0.717, 1.165) is 0 Å². The Kier molecular flexibility index (Phi) is 4.23. The van der Waals surface area contributed by atoms with Crippen LogP contribution < -0.4 is 5.73 Å². The molecular weight excluding hydrogens is 270 g/mol. The van der Waals surface area contributed by atoms with Crippen LogP contribution in [0.15, 0.2) is 35.0 Å². The van der Waals surface area contributed by atoms with Crippen LogP contribution in [-0.4, -0.2) is 12.6 Å². The molecule has 0 saturated carbocycles. The topological polar surface area (TPSA) is 52.3 Å². The lowest BCUT2D eigenvalue weighted by atomic mass is 10.2. The predicted molar refractivity (Wildman–Crippen MR) is 74.2 cm³/mol. The molecule has 0 aliphatic heterocycles. The van der Waals surface area contributed by atoms with Crippen molar-refractivity contribution in [1.82, 2.24) is 0 Å². The first-order valence-electron chi connectivity index (χ1n) is 5.39. The van der Waals surface area contributed by atoms with Gasteiger partial charge in [-0.15, -0.1) is 0 Å². The number of benzene rings is 1. The van der Waals surface area contributed by atoms with E-state index in [1.165, 1.54) is 5.56 Å². The molecule has 2 rings (SSSR count). The zero-order valence-electron chi connectivity index (χ0n) is 9.56. The summed E-state index contributed by atoms with van der Waals surface area (Å²) in [5.41, 5.74) is 7.61. The van der Waals surface area contributed by atoms with Gasteiger partial charge in [-0.25, -0.2) is 4.79 Å². The number of nitrogen functional groups attached to an aromatic ring is 1. The number of nitrogens with two attached hydrogens (primary N) is 1. The fourth-order valence-corrected chi connectivity index (χ4v) is 2.46. The molecule has 1 heterocycles. The lowest BCUT2D eigenvalue weighted by Crippen LogP contribution is -2.08. The third kappa shape index (κ3) is 3.48. The quantitative estimate of drug-likeness (QED) is 0.690. The molecule has 2 aromatic rings. The molecular formula is C13H12ClNO2S. The van der Waals surface area contributed by atoms with Crippen molar-refractivity contribution in [2.45, 2.75) is 6.42 Å².